The largest absolute Gasteiger partial charge is 0.496 e. The number of nitrogens with one attached hydrogen (secondary N) is 1. The van der Waals surface area contributed by atoms with Crippen LogP contribution in [0.15, 0.2) is 79.0 Å². The first kappa shape index (κ1) is 18.4. The number of carbonyl (C=O) groups is 1. The molecule has 1 amide bonds. The molecule has 0 atom stereocenters. The van der Waals surface area contributed by atoms with E-state index in [1.807, 2.05) is 78.9 Å². The van der Waals surface area contributed by atoms with E-state index in [2.05, 4.69) is 10.3 Å². The molecule has 1 heterocycles. The summed E-state index contributed by atoms with van der Waals surface area (Å²) in [5.74, 6) is 0.607. The maximum Gasteiger partial charge on any atom is 0.251 e. The van der Waals surface area contributed by atoms with Gasteiger partial charge in [-0.15, -0.1) is 0 Å². The Bertz CT molecular complexity index is 906. The van der Waals surface area contributed by atoms with Gasteiger partial charge in [0.05, 0.1) is 7.11 Å². The quantitative estimate of drug-likeness (QED) is 0.513. The molecule has 0 radical (unpaired) electrons. The Balaban J connectivity index is 1.82. The number of para-hydroxylation sites is 1. The first-order valence-corrected chi connectivity index (χ1v) is 8.86. The first-order valence-electron chi connectivity index (χ1n) is 8.86. The van der Waals surface area contributed by atoms with E-state index in [1.165, 1.54) is 0 Å². The number of benzene rings is 2. The van der Waals surface area contributed by atoms with Crippen LogP contribution in [0.5, 0.6) is 5.75 Å². The van der Waals surface area contributed by atoms with E-state index in [0.717, 1.165) is 22.6 Å². The van der Waals surface area contributed by atoms with E-state index in [0.29, 0.717) is 18.5 Å². The maximum absolute atomic E-state index is 12.9. The molecule has 0 fully saturated rings. The highest BCUT2D eigenvalue weighted by Gasteiger charge is 2.13. The van der Waals surface area contributed by atoms with Crippen LogP contribution in [-0.4, -0.2) is 24.5 Å². The number of hydrogen-bond donors (Lipinski definition) is 1. The summed E-state index contributed by atoms with van der Waals surface area (Å²) >= 11 is 0. The van der Waals surface area contributed by atoms with Crippen LogP contribution in [0, 0.1) is 0 Å². The summed E-state index contributed by atoms with van der Waals surface area (Å²) in [6.45, 7) is 0.520. The SMILES string of the molecule is COc1ccccc1C=C(C(=O)NCCc1ccccn1)c1ccccc1. The minimum absolute atomic E-state index is 0.122. The van der Waals surface area contributed by atoms with Crippen molar-refractivity contribution < 1.29 is 9.53 Å². The molecule has 0 spiro atoms. The number of aromatic nitrogens is 1. The van der Waals surface area contributed by atoms with Gasteiger partial charge in [0.1, 0.15) is 5.75 Å². The lowest BCUT2D eigenvalue weighted by Gasteiger charge is -2.11. The second kappa shape index (κ2) is 9.34. The average Bonchev–Trinajstić information content (AvgIpc) is 2.73. The molecule has 1 N–H and O–H groups in total. The molecule has 0 aliphatic heterocycles. The fraction of sp³-hybridized carbons (Fsp3) is 0.130. The van der Waals surface area contributed by atoms with Crippen molar-refractivity contribution in [2.75, 3.05) is 13.7 Å². The predicted octanol–water partition coefficient (Wildman–Crippen LogP) is 3.99. The zero-order valence-electron chi connectivity index (χ0n) is 15.3. The fourth-order valence-corrected chi connectivity index (χ4v) is 2.78. The molecule has 3 aromatic rings. The number of ether oxygens (including phenoxy) is 1. The summed E-state index contributed by atoms with van der Waals surface area (Å²) < 4.78 is 5.42. The van der Waals surface area contributed by atoms with Crippen molar-refractivity contribution in [3.63, 3.8) is 0 Å². The van der Waals surface area contributed by atoms with Gasteiger partial charge in [0, 0.05) is 36.0 Å². The molecule has 0 unspecified atom stereocenters. The van der Waals surface area contributed by atoms with Crippen molar-refractivity contribution in [3.8, 4) is 5.75 Å². The molecule has 3 rings (SSSR count). The molecule has 0 aliphatic carbocycles. The third-order valence-corrected chi connectivity index (χ3v) is 4.16. The van der Waals surface area contributed by atoms with E-state index in [9.17, 15) is 4.79 Å². The van der Waals surface area contributed by atoms with Gasteiger partial charge in [0.15, 0.2) is 0 Å². The number of amides is 1. The van der Waals surface area contributed by atoms with Crippen molar-refractivity contribution in [2.24, 2.45) is 0 Å². The molecule has 136 valence electrons. The lowest BCUT2D eigenvalue weighted by Crippen LogP contribution is -2.26. The highest BCUT2D eigenvalue weighted by molar-refractivity contribution is 6.24. The Kier molecular flexibility index (Phi) is 6.36. The molecule has 0 saturated carbocycles. The van der Waals surface area contributed by atoms with Gasteiger partial charge in [-0.3, -0.25) is 9.78 Å². The molecular formula is C23H22N2O2. The maximum atomic E-state index is 12.9. The van der Waals surface area contributed by atoms with Crippen molar-refractivity contribution in [3.05, 3.63) is 95.8 Å². The lowest BCUT2D eigenvalue weighted by molar-refractivity contribution is -0.115. The summed E-state index contributed by atoms with van der Waals surface area (Å²) in [6, 6.07) is 23.1. The fourth-order valence-electron chi connectivity index (χ4n) is 2.78. The highest BCUT2D eigenvalue weighted by Crippen LogP contribution is 2.24. The number of methoxy groups -OCH3 is 1. The van der Waals surface area contributed by atoms with Gasteiger partial charge in [0.2, 0.25) is 0 Å². The van der Waals surface area contributed by atoms with E-state index >= 15 is 0 Å². The summed E-state index contributed by atoms with van der Waals surface area (Å²) in [5.41, 5.74) is 3.27. The summed E-state index contributed by atoms with van der Waals surface area (Å²) in [7, 11) is 1.63. The van der Waals surface area contributed by atoms with Gasteiger partial charge in [-0.25, -0.2) is 0 Å². The van der Waals surface area contributed by atoms with Crippen molar-refractivity contribution >= 4 is 17.6 Å². The lowest BCUT2D eigenvalue weighted by atomic mass is 10.0. The number of pyridine rings is 1. The van der Waals surface area contributed by atoms with Crippen molar-refractivity contribution in [1.82, 2.24) is 10.3 Å². The van der Waals surface area contributed by atoms with Crippen LogP contribution in [0.2, 0.25) is 0 Å². The predicted molar refractivity (Wildman–Crippen MR) is 108 cm³/mol. The van der Waals surface area contributed by atoms with Crippen LogP contribution in [0.1, 0.15) is 16.8 Å². The van der Waals surface area contributed by atoms with Gasteiger partial charge in [0.25, 0.3) is 5.91 Å². The van der Waals surface area contributed by atoms with Crippen LogP contribution >= 0.6 is 0 Å². The highest BCUT2D eigenvalue weighted by atomic mass is 16.5. The van der Waals surface area contributed by atoms with Crippen molar-refractivity contribution in [2.45, 2.75) is 6.42 Å². The van der Waals surface area contributed by atoms with Crippen LogP contribution < -0.4 is 10.1 Å². The summed E-state index contributed by atoms with van der Waals surface area (Å²) in [5, 5.41) is 3.00. The number of carbonyl (C=O) groups excluding carboxylic acids is 1. The smallest absolute Gasteiger partial charge is 0.251 e. The summed E-state index contributed by atoms with van der Waals surface area (Å²) in [6.07, 6.45) is 4.31. The topological polar surface area (TPSA) is 51.2 Å². The van der Waals surface area contributed by atoms with Gasteiger partial charge in [-0.1, -0.05) is 54.6 Å². The minimum atomic E-state index is -0.122. The molecule has 4 heteroatoms. The van der Waals surface area contributed by atoms with Crippen LogP contribution in [0.25, 0.3) is 11.6 Å². The molecule has 0 saturated heterocycles. The second-order valence-electron chi connectivity index (χ2n) is 5.99. The van der Waals surface area contributed by atoms with Gasteiger partial charge >= 0.3 is 0 Å². The average molecular weight is 358 g/mol. The van der Waals surface area contributed by atoms with Crippen LogP contribution in [-0.2, 0) is 11.2 Å². The standard InChI is InChI=1S/C23H22N2O2/c1-27-22-13-6-5-11-19(22)17-21(18-9-3-2-4-10-18)23(26)25-16-14-20-12-7-8-15-24-20/h2-13,15,17H,14,16H2,1H3,(H,25,26). The third kappa shape index (κ3) is 5.05. The minimum Gasteiger partial charge on any atom is -0.496 e. The number of rotatable bonds is 7. The molecule has 0 bridgehead atoms. The van der Waals surface area contributed by atoms with E-state index in [1.54, 1.807) is 13.3 Å². The molecule has 0 aliphatic rings. The monoisotopic (exact) mass is 358 g/mol. The first-order chi connectivity index (χ1) is 13.3. The van der Waals surface area contributed by atoms with E-state index in [-0.39, 0.29) is 5.91 Å². The van der Waals surface area contributed by atoms with Crippen LogP contribution in [0.3, 0.4) is 0 Å². The molecular weight excluding hydrogens is 336 g/mol. The Hall–Kier alpha value is -3.40. The normalized spacial score (nSPS) is 11.1. The Morgan fingerprint density at radius 1 is 1.00 bits per heavy atom. The zero-order valence-corrected chi connectivity index (χ0v) is 15.3. The van der Waals surface area contributed by atoms with E-state index in [4.69, 9.17) is 4.74 Å². The van der Waals surface area contributed by atoms with Gasteiger partial charge in [-0.05, 0) is 29.8 Å². The molecule has 2 aromatic carbocycles. The van der Waals surface area contributed by atoms with Crippen molar-refractivity contribution in [1.29, 1.82) is 0 Å². The van der Waals surface area contributed by atoms with Crippen LogP contribution in [0.4, 0.5) is 0 Å². The molecule has 4 nitrogen and oxygen atoms in total. The second-order valence-corrected chi connectivity index (χ2v) is 5.99. The Morgan fingerprint density at radius 3 is 2.48 bits per heavy atom. The summed E-state index contributed by atoms with van der Waals surface area (Å²) in [4.78, 5) is 17.2. The van der Waals surface area contributed by atoms with Gasteiger partial charge in [-0.2, -0.15) is 0 Å². The Morgan fingerprint density at radius 2 is 1.74 bits per heavy atom. The zero-order chi connectivity index (χ0) is 18.9. The molecule has 1 aromatic heterocycles. The third-order valence-electron chi connectivity index (χ3n) is 4.16. The van der Waals surface area contributed by atoms with E-state index < -0.39 is 0 Å². The number of hydrogen-bond acceptors (Lipinski definition) is 3. The van der Waals surface area contributed by atoms with Gasteiger partial charge < -0.3 is 10.1 Å². The molecule has 27 heavy (non-hydrogen) atoms. The number of nitrogens with zero attached hydrogens (tertiary/aromatic N) is 1. The Labute approximate surface area is 159 Å².